The van der Waals surface area contributed by atoms with Crippen LogP contribution in [0.15, 0.2) is 59.6 Å². The molecule has 0 saturated carbocycles. The first-order valence-corrected chi connectivity index (χ1v) is 8.95. The number of carbonyl (C=O) groups is 1. The molecule has 0 fully saturated rings. The molecule has 0 N–H and O–H groups in total. The Labute approximate surface area is 172 Å². The zero-order valence-electron chi connectivity index (χ0n) is 15.0. The Balaban J connectivity index is 0.00000261. The fourth-order valence-electron chi connectivity index (χ4n) is 2.35. The molecule has 6 nitrogen and oxygen atoms in total. The van der Waals surface area contributed by atoms with Crippen molar-refractivity contribution in [1.82, 2.24) is 8.94 Å². The largest absolute Gasteiger partial charge is 0.497 e. The number of hydrogen-bond donors (Lipinski definition) is 0. The van der Waals surface area contributed by atoms with Crippen LogP contribution >= 0.6 is 28.5 Å². The highest BCUT2D eigenvalue weighted by Crippen LogP contribution is 2.23. The zero-order valence-corrected chi connectivity index (χ0v) is 17.5. The summed E-state index contributed by atoms with van der Waals surface area (Å²) in [6.45, 7) is 2.07. The normalized spacial score (nSPS) is 11.0. The Morgan fingerprint density at radius 2 is 1.85 bits per heavy atom. The summed E-state index contributed by atoms with van der Waals surface area (Å²) in [5, 5.41) is 0. The van der Waals surface area contributed by atoms with E-state index >= 15 is 0 Å². The van der Waals surface area contributed by atoms with Crippen LogP contribution in [0.2, 0.25) is 0 Å². The van der Waals surface area contributed by atoms with Gasteiger partial charge in [-0.1, -0.05) is 30.3 Å². The standard InChI is InChI=1S/C19H19N3O3S.BrH/c1-3-25-17(23)13-20-19-21-18(14-7-5-4-6-8-14)22(26-19)15-9-11-16(24-2)12-10-15;/h4-12H,3,13H2,1-2H3;1H/b20-19+;. The van der Waals surface area contributed by atoms with Crippen LogP contribution in [0.4, 0.5) is 0 Å². The Hall–Kier alpha value is -2.45. The van der Waals surface area contributed by atoms with Crippen LogP contribution < -0.4 is 9.54 Å². The molecule has 0 aliphatic carbocycles. The highest BCUT2D eigenvalue weighted by Gasteiger charge is 2.11. The molecule has 0 atom stereocenters. The minimum Gasteiger partial charge on any atom is -0.497 e. The molecule has 0 radical (unpaired) electrons. The van der Waals surface area contributed by atoms with Gasteiger partial charge in [0.1, 0.15) is 12.3 Å². The van der Waals surface area contributed by atoms with E-state index in [4.69, 9.17) is 9.47 Å². The highest BCUT2D eigenvalue weighted by molar-refractivity contribution is 8.93. The van der Waals surface area contributed by atoms with Gasteiger partial charge in [0.15, 0.2) is 5.82 Å². The lowest BCUT2D eigenvalue weighted by Crippen LogP contribution is -2.11. The molecule has 1 aromatic heterocycles. The third-order valence-electron chi connectivity index (χ3n) is 3.55. The van der Waals surface area contributed by atoms with E-state index in [-0.39, 0.29) is 29.5 Å². The smallest absolute Gasteiger partial charge is 0.327 e. The summed E-state index contributed by atoms with van der Waals surface area (Å²) in [5.74, 6) is 1.19. The van der Waals surface area contributed by atoms with Crippen molar-refractivity contribution in [1.29, 1.82) is 0 Å². The van der Waals surface area contributed by atoms with Gasteiger partial charge in [0.05, 0.1) is 19.4 Å². The minimum absolute atomic E-state index is 0. The van der Waals surface area contributed by atoms with Crippen molar-refractivity contribution >= 4 is 34.5 Å². The monoisotopic (exact) mass is 449 g/mol. The fraction of sp³-hybridized carbons (Fsp3) is 0.211. The van der Waals surface area contributed by atoms with E-state index < -0.39 is 0 Å². The molecule has 0 spiro atoms. The second kappa shape index (κ2) is 10.0. The molecule has 142 valence electrons. The summed E-state index contributed by atoms with van der Waals surface area (Å²) < 4.78 is 12.1. The van der Waals surface area contributed by atoms with E-state index in [1.165, 1.54) is 11.5 Å². The van der Waals surface area contributed by atoms with Crippen LogP contribution in [0.3, 0.4) is 0 Å². The molecule has 2 aromatic carbocycles. The summed E-state index contributed by atoms with van der Waals surface area (Å²) in [4.78, 5) is 21.0. The van der Waals surface area contributed by atoms with E-state index in [2.05, 4.69) is 9.98 Å². The Morgan fingerprint density at radius 1 is 1.15 bits per heavy atom. The molecule has 0 aliphatic heterocycles. The van der Waals surface area contributed by atoms with Crippen LogP contribution in [0.1, 0.15) is 6.92 Å². The van der Waals surface area contributed by atoms with Gasteiger partial charge < -0.3 is 9.47 Å². The molecule has 0 aliphatic rings. The Kier molecular flexibility index (Phi) is 7.75. The second-order valence-corrected chi connectivity index (χ2v) is 6.20. The average molecular weight is 450 g/mol. The molecule has 0 unspecified atom stereocenters. The lowest BCUT2D eigenvalue weighted by Gasteiger charge is -2.07. The summed E-state index contributed by atoms with van der Waals surface area (Å²) in [6.07, 6.45) is 0. The van der Waals surface area contributed by atoms with E-state index in [1.54, 1.807) is 14.0 Å². The SMILES string of the molecule is Br.CCOC(=O)C/N=c1\nc(-c2ccccc2)n(-c2ccc(OC)cc2)s1. The van der Waals surface area contributed by atoms with Gasteiger partial charge in [-0.25, -0.2) is 8.95 Å². The van der Waals surface area contributed by atoms with Gasteiger partial charge in [-0.15, -0.1) is 17.0 Å². The zero-order chi connectivity index (χ0) is 18.4. The molecular formula is C19H20BrN3O3S. The first-order valence-electron chi connectivity index (χ1n) is 8.17. The molecule has 27 heavy (non-hydrogen) atoms. The topological polar surface area (TPSA) is 65.7 Å². The van der Waals surface area contributed by atoms with E-state index in [0.29, 0.717) is 11.4 Å². The number of halogens is 1. The third kappa shape index (κ3) is 5.27. The van der Waals surface area contributed by atoms with Gasteiger partial charge in [-0.05, 0) is 42.7 Å². The molecular weight excluding hydrogens is 430 g/mol. The average Bonchev–Trinajstić information content (AvgIpc) is 3.12. The molecule has 3 aromatic rings. The minimum atomic E-state index is -0.361. The van der Waals surface area contributed by atoms with Crippen molar-refractivity contribution in [2.75, 3.05) is 20.3 Å². The summed E-state index contributed by atoms with van der Waals surface area (Å²) >= 11 is 1.37. The summed E-state index contributed by atoms with van der Waals surface area (Å²) in [5.41, 5.74) is 1.91. The van der Waals surface area contributed by atoms with Crippen molar-refractivity contribution in [3.8, 4) is 22.8 Å². The van der Waals surface area contributed by atoms with Crippen LogP contribution in [-0.4, -0.2) is 35.2 Å². The van der Waals surface area contributed by atoms with E-state index in [9.17, 15) is 4.79 Å². The number of methoxy groups -OCH3 is 1. The van der Waals surface area contributed by atoms with Crippen LogP contribution in [0.5, 0.6) is 5.75 Å². The lowest BCUT2D eigenvalue weighted by atomic mass is 10.2. The number of ether oxygens (including phenoxy) is 2. The number of esters is 1. The van der Waals surface area contributed by atoms with Crippen molar-refractivity contribution in [3.05, 3.63) is 59.4 Å². The highest BCUT2D eigenvalue weighted by atomic mass is 79.9. The molecule has 0 amide bonds. The van der Waals surface area contributed by atoms with E-state index in [1.807, 2.05) is 58.6 Å². The van der Waals surface area contributed by atoms with Gasteiger partial charge >= 0.3 is 5.97 Å². The van der Waals surface area contributed by atoms with Crippen LogP contribution in [0.25, 0.3) is 17.1 Å². The van der Waals surface area contributed by atoms with Gasteiger partial charge in [0.25, 0.3) is 0 Å². The first kappa shape index (κ1) is 20.9. The fourth-order valence-corrected chi connectivity index (χ4v) is 3.22. The maximum atomic E-state index is 11.6. The van der Waals surface area contributed by atoms with Gasteiger partial charge in [-0.2, -0.15) is 4.98 Å². The van der Waals surface area contributed by atoms with Gasteiger partial charge in [0, 0.05) is 5.56 Å². The molecule has 3 rings (SSSR count). The lowest BCUT2D eigenvalue weighted by molar-refractivity contribution is -0.141. The second-order valence-electron chi connectivity index (χ2n) is 5.29. The number of rotatable bonds is 6. The number of aromatic nitrogens is 2. The van der Waals surface area contributed by atoms with E-state index in [0.717, 1.165) is 22.8 Å². The number of nitrogens with zero attached hydrogens (tertiary/aromatic N) is 3. The van der Waals surface area contributed by atoms with Crippen molar-refractivity contribution in [2.24, 2.45) is 4.99 Å². The van der Waals surface area contributed by atoms with Crippen molar-refractivity contribution < 1.29 is 14.3 Å². The summed E-state index contributed by atoms with van der Waals surface area (Å²) in [7, 11) is 1.64. The van der Waals surface area contributed by atoms with Crippen molar-refractivity contribution in [3.63, 3.8) is 0 Å². The van der Waals surface area contributed by atoms with Gasteiger partial charge in [0.2, 0.25) is 4.80 Å². The number of benzene rings is 2. The third-order valence-corrected chi connectivity index (χ3v) is 4.50. The van der Waals surface area contributed by atoms with Crippen LogP contribution in [-0.2, 0) is 9.53 Å². The predicted octanol–water partition coefficient (Wildman–Crippen LogP) is 3.65. The number of hydrogen-bond acceptors (Lipinski definition) is 6. The molecule has 0 bridgehead atoms. The number of carbonyl (C=O) groups excluding carboxylic acids is 1. The maximum Gasteiger partial charge on any atom is 0.327 e. The summed E-state index contributed by atoms with van der Waals surface area (Å²) in [6, 6.07) is 17.6. The molecule has 8 heteroatoms. The van der Waals surface area contributed by atoms with Gasteiger partial charge in [-0.3, -0.25) is 4.79 Å². The molecule has 0 saturated heterocycles. The van der Waals surface area contributed by atoms with Crippen molar-refractivity contribution in [2.45, 2.75) is 6.92 Å². The predicted molar refractivity (Wildman–Crippen MR) is 111 cm³/mol. The maximum absolute atomic E-state index is 11.6. The van der Waals surface area contributed by atoms with Crippen LogP contribution in [0, 0.1) is 0 Å². The Bertz CT molecular complexity index is 937. The first-order chi connectivity index (χ1) is 12.7. The quantitative estimate of drug-likeness (QED) is 0.538. The molecule has 1 heterocycles. The Morgan fingerprint density at radius 3 is 2.48 bits per heavy atom.